The summed E-state index contributed by atoms with van der Waals surface area (Å²) in [5, 5.41) is 13.5. The van der Waals surface area contributed by atoms with Crippen molar-refractivity contribution in [2.75, 3.05) is 0 Å². The normalized spacial score (nSPS) is 14.2. The van der Waals surface area contributed by atoms with E-state index in [1.807, 2.05) is 6.92 Å². The summed E-state index contributed by atoms with van der Waals surface area (Å²) in [4.78, 5) is 15.9. The molecule has 3 rings (SSSR count). The minimum Gasteiger partial charge on any atom is -0.478 e. The molecule has 98 valence electrons. The van der Waals surface area contributed by atoms with Crippen LogP contribution in [-0.2, 0) is 12.8 Å². The van der Waals surface area contributed by atoms with Crippen molar-refractivity contribution in [3.63, 3.8) is 0 Å². The van der Waals surface area contributed by atoms with E-state index in [9.17, 15) is 9.90 Å². The monoisotopic (exact) mass is 257 g/mol. The number of aromatic carboxylic acids is 1. The summed E-state index contributed by atoms with van der Waals surface area (Å²) in [5.41, 5.74) is 3.29. The Morgan fingerprint density at radius 1 is 1.37 bits per heavy atom. The van der Waals surface area contributed by atoms with Gasteiger partial charge in [-0.1, -0.05) is 0 Å². The van der Waals surface area contributed by atoms with Crippen LogP contribution in [0, 0.1) is 6.92 Å². The van der Waals surface area contributed by atoms with Gasteiger partial charge in [-0.05, 0) is 49.8 Å². The minimum absolute atomic E-state index is 0.226. The number of pyridine rings is 1. The molecular weight excluding hydrogens is 242 g/mol. The summed E-state index contributed by atoms with van der Waals surface area (Å²) in [6, 6.07) is 1.76. The van der Waals surface area contributed by atoms with Crippen molar-refractivity contribution < 1.29 is 9.90 Å². The largest absolute Gasteiger partial charge is 0.478 e. The molecule has 0 aromatic carbocycles. The topological polar surface area (TPSA) is 68.0 Å². The average Bonchev–Trinajstić information content (AvgIpc) is 2.83. The maximum absolute atomic E-state index is 11.4. The van der Waals surface area contributed by atoms with E-state index < -0.39 is 5.97 Å². The molecule has 5 heteroatoms. The van der Waals surface area contributed by atoms with Gasteiger partial charge in [-0.3, -0.25) is 0 Å². The lowest BCUT2D eigenvalue weighted by atomic mass is 9.95. The number of nitrogens with zero attached hydrogens (tertiary/aromatic N) is 3. The lowest BCUT2D eigenvalue weighted by Crippen LogP contribution is -2.14. The smallest absolute Gasteiger partial charge is 0.339 e. The fraction of sp³-hybridized carbons (Fsp3) is 0.357. The molecule has 0 saturated carbocycles. The lowest BCUT2D eigenvalue weighted by Gasteiger charge is -2.17. The number of hydrogen-bond donors (Lipinski definition) is 1. The van der Waals surface area contributed by atoms with E-state index in [1.165, 1.54) is 0 Å². The quantitative estimate of drug-likeness (QED) is 0.895. The van der Waals surface area contributed by atoms with E-state index >= 15 is 0 Å². The number of carbonyl (C=O) groups is 1. The summed E-state index contributed by atoms with van der Waals surface area (Å²) in [5.74, 6) is -0.537. The molecule has 0 radical (unpaired) electrons. The number of carboxylic acid groups (broad SMARTS) is 1. The number of carboxylic acids is 1. The van der Waals surface area contributed by atoms with Gasteiger partial charge in [-0.25, -0.2) is 14.5 Å². The molecule has 0 atom stereocenters. The summed E-state index contributed by atoms with van der Waals surface area (Å²) in [7, 11) is 0. The Labute approximate surface area is 110 Å². The second-order valence-electron chi connectivity index (χ2n) is 4.94. The summed E-state index contributed by atoms with van der Waals surface area (Å²) in [6.07, 6.45) is 7.55. The Hall–Kier alpha value is -2.17. The van der Waals surface area contributed by atoms with Gasteiger partial charge in [0.05, 0.1) is 6.20 Å². The first-order chi connectivity index (χ1) is 9.15. The minimum atomic E-state index is -0.955. The highest BCUT2D eigenvalue weighted by Gasteiger charge is 2.20. The third-order valence-corrected chi connectivity index (χ3v) is 3.44. The van der Waals surface area contributed by atoms with Crippen LogP contribution in [0.5, 0.6) is 0 Å². The number of aryl methyl sites for hydroxylation is 3. The van der Waals surface area contributed by atoms with Crippen LogP contribution in [0.4, 0.5) is 0 Å². The highest BCUT2D eigenvalue weighted by molar-refractivity contribution is 5.91. The molecule has 19 heavy (non-hydrogen) atoms. The van der Waals surface area contributed by atoms with Crippen LogP contribution in [0.3, 0.4) is 0 Å². The SMILES string of the molecule is Cc1cnn(-c2nc3c(cc2C(=O)O)CCCC3)c1. The molecule has 0 fully saturated rings. The fourth-order valence-corrected chi connectivity index (χ4v) is 2.48. The maximum atomic E-state index is 11.4. The molecule has 1 aliphatic carbocycles. The van der Waals surface area contributed by atoms with Crippen LogP contribution in [0.2, 0.25) is 0 Å². The van der Waals surface area contributed by atoms with E-state index in [0.717, 1.165) is 42.5 Å². The van der Waals surface area contributed by atoms with Gasteiger partial charge >= 0.3 is 5.97 Å². The molecular formula is C14H15N3O2. The van der Waals surface area contributed by atoms with Crippen LogP contribution in [0.25, 0.3) is 5.82 Å². The average molecular weight is 257 g/mol. The zero-order chi connectivity index (χ0) is 13.4. The molecule has 0 bridgehead atoms. The Kier molecular flexibility index (Phi) is 2.81. The lowest BCUT2D eigenvalue weighted by molar-refractivity contribution is 0.0696. The van der Waals surface area contributed by atoms with Gasteiger partial charge in [-0.2, -0.15) is 5.10 Å². The maximum Gasteiger partial charge on any atom is 0.339 e. The molecule has 0 unspecified atom stereocenters. The molecule has 2 aromatic rings. The Morgan fingerprint density at radius 2 is 2.16 bits per heavy atom. The Bertz CT molecular complexity index is 646. The van der Waals surface area contributed by atoms with Crippen LogP contribution in [0.15, 0.2) is 18.5 Å². The predicted octanol–water partition coefficient (Wildman–Crippen LogP) is 2.15. The van der Waals surface area contributed by atoms with E-state index in [1.54, 1.807) is 23.1 Å². The van der Waals surface area contributed by atoms with Gasteiger partial charge in [0.2, 0.25) is 0 Å². The Balaban J connectivity index is 2.18. The van der Waals surface area contributed by atoms with Crippen LogP contribution < -0.4 is 0 Å². The first-order valence-corrected chi connectivity index (χ1v) is 6.43. The van der Waals surface area contributed by atoms with Gasteiger partial charge in [-0.15, -0.1) is 0 Å². The van der Waals surface area contributed by atoms with Gasteiger partial charge in [0.1, 0.15) is 5.56 Å². The van der Waals surface area contributed by atoms with Crippen LogP contribution in [-0.4, -0.2) is 25.8 Å². The van der Waals surface area contributed by atoms with Crippen molar-refractivity contribution in [2.24, 2.45) is 0 Å². The summed E-state index contributed by atoms with van der Waals surface area (Å²) < 4.78 is 1.55. The standard InChI is InChI=1S/C14H15N3O2/c1-9-7-15-17(8-9)13-11(14(18)19)6-10-4-2-3-5-12(10)16-13/h6-8H,2-5H2,1H3,(H,18,19). The van der Waals surface area contributed by atoms with Gasteiger partial charge in [0, 0.05) is 11.9 Å². The Morgan fingerprint density at radius 3 is 2.84 bits per heavy atom. The van der Waals surface area contributed by atoms with Crippen molar-refractivity contribution in [1.29, 1.82) is 0 Å². The third-order valence-electron chi connectivity index (χ3n) is 3.44. The fourth-order valence-electron chi connectivity index (χ4n) is 2.48. The number of rotatable bonds is 2. The van der Waals surface area contributed by atoms with Crippen molar-refractivity contribution >= 4 is 5.97 Å². The number of fused-ring (bicyclic) bond motifs is 1. The zero-order valence-electron chi connectivity index (χ0n) is 10.8. The first kappa shape index (κ1) is 11.9. The van der Waals surface area contributed by atoms with Gasteiger partial charge < -0.3 is 5.11 Å². The highest BCUT2D eigenvalue weighted by atomic mass is 16.4. The molecule has 0 spiro atoms. The van der Waals surface area contributed by atoms with Gasteiger partial charge in [0.15, 0.2) is 5.82 Å². The predicted molar refractivity (Wildman–Crippen MR) is 69.7 cm³/mol. The zero-order valence-corrected chi connectivity index (χ0v) is 10.8. The molecule has 5 nitrogen and oxygen atoms in total. The summed E-state index contributed by atoms with van der Waals surface area (Å²) in [6.45, 7) is 1.92. The second-order valence-corrected chi connectivity index (χ2v) is 4.94. The second kappa shape index (κ2) is 4.50. The van der Waals surface area contributed by atoms with Gasteiger partial charge in [0.25, 0.3) is 0 Å². The van der Waals surface area contributed by atoms with E-state index in [4.69, 9.17) is 0 Å². The van der Waals surface area contributed by atoms with Crippen molar-refractivity contribution in [3.8, 4) is 5.82 Å². The molecule has 0 amide bonds. The molecule has 2 aromatic heterocycles. The first-order valence-electron chi connectivity index (χ1n) is 6.43. The third kappa shape index (κ3) is 2.12. The van der Waals surface area contributed by atoms with Crippen molar-refractivity contribution in [3.05, 3.63) is 40.8 Å². The molecule has 0 saturated heterocycles. The molecule has 1 aliphatic rings. The molecule has 0 aliphatic heterocycles. The van der Waals surface area contributed by atoms with Crippen molar-refractivity contribution in [2.45, 2.75) is 32.6 Å². The van der Waals surface area contributed by atoms with E-state index in [0.29, 0.717) is 5.82 Å². The van der Waals surface area contributed by atoms with Crippen molar-refractivity contribution in [1.82, 2.24) is 14.8 Å². The van der Waals surface area contributed by atoms with E-state index in [-0.39, 0.29) is 5.56 Å². The number of hydrogen-bond acceptors (Lipinski definition) is 3. The van der Waals surface area contributed by atoms with Crippen LogP contribution >= 0.6 is 0 Å². The summed E-state index contributed by atoms with van der Waals surface area (Å²) >= 11 is 0. The molecule has 1 N–H and O–H groups in total. The van der Waals surface area contributed by atoms with E-state index in [2.05, 4.69) is 10.1 Å². The highest BCUT2D eigenvalue weighted by Crippen LogP contribution is 2.24. The molecule has 2 heterocycles. The number of aromatic nitrogens is 3. The van der Waals surface area contributed by atoms with Crippen LogP contribution in [0.1, 0.15) is 40.0 Å².